The molecule has 0 amide bonds. The van der Waals surface area contributed by atoms with Gasteiger partial charge in [0.05, 0.1) is 14.2 Å². The highest BCUT2D eigenvalue weighted by atomic mass is 79.9. The Kier molecular flexibility index (Phi) is 7.97. The summed E-state index contributed by atoms with van der Waals surface area (Å²) in [6, 6.07) is 14.1. The molecule has 0 aliphatic rings. The molecule has 1 aromatic heterocycles. The lowest BCUT2D eigenvalue weighted by atomic mass is 10.2. The molecule has 2 aromatic carbocycles. The summed E-state index contributed by atoms with van der Waals surface area (Å²) in [4.78, 5) is 0. The number of hydrogen-bond acceptors (Lipinski definition) is 6. The second-order valence-electron chi connectivity index (χ2n) is 6.29. The second kappa shape index (κ2) is 10.7. The molecule has 0 saturated carbocycles. The molecule has 1 heterocycles. The van der Waals surface area contributed by atoms with Crippen molar-refractivity contribution in [3.05, 3.63) is 52.5 Å². The quantitative estimate of drug-likeness (QED) is 0.300. The topological polar surface area (TPSA) is 58.4 Å². The number of nitrogens with zero attached hydrogens (tertiary/aromatic N) is 3. The van der Waals surface area contributed by atoms with E-state index in [9.17, 15) is 0 Å². The summed E-state index contributed by atoms with van der Waals surface area (Å²) in [6.07, 6.45) is 0.876. The number of halogens is 1. The second-order valence-corrected chi connectivity index (χ2v) is 8.15. The van der Waals surface area contributed by atoms with Crippen molar-refractivity contribution in [2.24, 2.45) is 0 Å². The maximum absolute atomic E-state index is 5.45. The van der Waals surface area contributed by atoms with E-state index in [1.807, 2.05) is 30.3 Å². The number of thioether (sulfide) groups is 1. The first-order chi connectivity index (χ1) is 14.2. The fourth-order valence-electron chi connectivity index (χ4n) is 2.88. The van der Waals surface area contributed by atoms with E-state index in [1.54, 1.807) is 33.1 Å². The number of hydrogen-bond donors (Lipinski definition) is 0. The van der Waals surface area contributed by atoms with Crippen molar-refractivity contribution in [1.82, 2.24) is 14.8 Å². The van der Waals surface area contributed by atoms with Crippen LogP contribution in [0.5, 0.6) is 11.5 Å². The van der Waals surface area contributed by atoms with E-state index in [-0.39, 0.29) is 0 Å². The van der Waals surface area contributed by atoms with Gasteiger partial charge in [-0.2, -0.15) is 0 Å². The monoisotopic (exact) mass is 477 g/mol. The van der Waals surface area contributed by atoms with Crippen molar-refractivity contribution in [1.29, 1.82) is 0 Å². The van der Waals surface area contributed by atoms with Crippen LogP contribution < -0.4 is 9.47 Å². The normalized spacial score (nSPS) is 10.9. The number of benzene rings is 2. The van der Waals surface area contributed by atoms with Crippen molar-refractivity contribution >= 4 is 27.7 Å². The Morgan fingerprint density at radius 1 is 0.966 bits per heavy atom. The standard InChI is InChI=1S/C21H24BrN3O3S/c1-26-12-4-11-25-20(16-7-10-18(27-2)19(13-16)28-3)23-24-21(25)29-14-15-5-8-17(22)9-6-15/h5-10,13H,4,11-12,14H2,1-3H3. The third-order valence-corrected chi connectivity index (χ3v) is 5.94. The Balaban J connectivity index is 1.87. The predicted octanol–water partition coefficient (Wildman–Crippen LogP) is 5.05. The predicted molar refractivity (Wildman–Crippen MR) is 119 cm³/mol. The third-order valence-electron chi connectivity index (χ3n) is 4.37. The Morgan fingerprint density at radius 2 is 1.72 bits per heavy atom. The lowest BCUT2D eigenvalue weighted by molar-refractivity contribution is 0.189. The number of ether oxygens (including phenoxy) is 3. The molecule has 29 heavy (non-hydrogen) atoms. The van der Waals surface area contributed by atoms with Crippen LogP contribution in [0, 0.1) is 0 Å². The Labute approximate surface area is 183 Å². The van der Waals surface area contributed by atoms with Crippen LogP contribution in [0.15, 0.2) is 52.1 Å². The molecule has 0 unspecified atom stereocenters. The zero-order valence-electron chi connectivity index (χ0n) is 16.7. The van der Waals surface area contributed by atoms with Crippen LogP contribution in [0.2, 0.25) is 0 Å². The SMILES string of the molecule is COCCCn1c(SCc2ccc(Br)cc2)nnc1-c1ccc(OC)c(OC)c1. The van der Waals surface area contributed by atoms with Crippen molar-refractivity contribution in [2.45, 2.75) is 23.9 Å². The number of rotatable bonds is 10. The Hall–Kier alpha value is -2.03. The molecule has 0 bridgehead atoms. The molecule has 0 aliphatic carbocycles. The minimum absolute atomic E-state index is 0.667. The first-order valence-electron chi connectivity index (χ1n) is 9.18. The van der Waals surface area contributed by atoms with E-state index < -0.39 is 0 Å². The molecular formula is C21H24BrN3O3S. The fraction of sp³-hybridized carbons (Fsp3) is 0.333. The largest absolute Gasteiger partial charge is 0.493 e. The van der Waals surface area contributed by atoms with Crippen LogP contribution in [0.25, 0.3) is 11.4 Å². The van der Waals surface area contributed by atoms with Gasteiger partial charge in [0.2, 0.25) is 0 Å². The van der Waals surface area contributed by atoms with Gasteiger partial charge in [-0.05, 0) is 42.3 Å². The van der Waals surface area contributed by atoms with Crippen molar-refractivity contribution < 1.29 is 14.2 Å². The summed E-state index contributed by atoms with van der Waals surface area (Å²) < 4.78 is 19.2. The first kappa shape index (κ1) is 21.7. The Bertz CT molecular complexity index is 931. The van der Waals surface area contributed by atoms with Crippen LogP contribution in [0.3, 0.4) is 0 Å². The van der Waals surface area contributed by atoms with E-state index in [0.29, 0.717) is 18.1 Å². The summed E-state index contributed by atoms with van der Waals surface area (Å²) in [7, 11) is 4.97. The van der Waals surface area contributed by atoms with Gasteiger partial charge < -0.3 is 18.8 Å². The van der Waals surface area contributed by atoms with Gasteiger partial charge in [-0.15, -0.1) is 10.2 Å². The molecule has 8 heteroatoms. The van der Waals surface area contributed by atoms with Crippen LogP contribution in [0.1, 0.15) is 12.0 Å². The molecule has 0 fully saturated rings. The minimum Gasteiger partial charge on any atom is -0.493 e. The van der Waals surface area contributed by atoms with Crippen LogP contribution in [0.4, 0.5) is 0 Å². The van der Waals surface area contributed by atoms with Gasteiger partial charge in [-0.3, -0.25) is 0 Å². The smallest absolute Gasteiger partial charge is 0.191 e. The number of methoxy groups -OCH3 is 3. The van der Waals surface area contributed by atoms with E-state index in [2.05, 4.69) is 42.8 Å². The van der Waals surface area contributed by atoms with Gasteiger partial charge in [0.25, 0.3) is 0 Å². The molecule has 154 valence electrons. The van der Waals surface area contributed by atoms with Gasteiger partial charge >= 0.3 is 0 Å². The first-order valence-corrected chi connectivity index (χ1v) is 11.0. The minimum atomic E-state index is 0.667. The van der Waals surface area contributed by atoms with Crippen LogP contribution in [-0.4, -0.2) is 42.7 Å². The van der Waals surface area contributed by atoms with Gasteiger partial charge in [-0.25, -0.2) is 0 Å². The zero-order valence-corrected chi connectivity index (χ0v) is 19.1. The molecular weight excluding hydrogens is 454 g/mol. The average molecular weight is 478 g/mol. The van der Waals surface area contributed by atoms with E-state index in [1.165, 1.54) is 5.56 Å². The molecule has 0 radical (unpaired) electrons. The van der Waals surface area contributed by atoms with Gasteiger partial charge in [-0.1, -0.05) is 39.8 Å². The number of aromatic nitrogens is 3. The zero-order chi connectivity index (χ0) is 20.6. The highest BCUT2D eigenvalue weighted by molar-refractivity contribution is 9.10. The van der Waals surface area contributed by atoms with Crippen molar-refractivity contribution in [3.63, 3.8) is 0 Å². The highest BCUT2D eigenvalue weighted by Gasteiger charge is 2.16. The van der Waals surface area contributed by atoms with Crippen molar-refractivity contribution in [2.75, 3.05) is 27.9 Å². The molecule has 3 rings (SSSR count). The van der Waals surface area contributed by atoms with E-state index >= 15 is 0 Å². The molecule has 0 spiro atoms. The van der Waals surface area contributed by atoms with E-state index in [4.69, 9.17) is 14.2 Å². The van der Waals surface area contributed by atoms with Gasteiger partial charge in [0.15, 0.2) is 22.5 Å². The van der Waals surface area contributed by atoms with Crippen molar-refractivity contribution in [3.8, 4) is 22.9 Å². The lowest BCUT2D eigenvalue weighted by Gasteiger charge is -2.12. The molecule has 6 nitrogen and oxygen atoms in total. The lowest BCUT2D eigenvalue weighted by Crippen LogP contribution is -2.05. The summed E-state index contributed by atoms with van der Waals surface area (Å²) in [5.41, 5.74) is 2.17. The summed E-state index contributed by atoms with van der Waals surface area (Å²) in [5.74, 6) is 2.98. The van der Waals surface area contributed by atoms with Crippen LogP contribution >= 0.6 is 27.7 Å². The Morgan fingerprint density at radius 3 is 2.41 bits per heavy atom. The molecule has 0 aliphatic heterocycles. The maximum atomic E-state index is 5.45. The van der Waals surface area contributed by atoms with Crippen LogP contribution in [-0.2, 0) is 17.0 Å². The van der Waals surface area contributed by atoms with Gasteiger partial charge in [0, 0.05) is 36.1 Å². The van der Waals surface area contributed by atoms with Gasteiger partial charge in [0.1, 0.15) is 0 Å². The van der Waals surface area contributed by atoms with E-state index in [0.717, 1.165) is 39.7 Å². The average Bonchev–Trinajstić information content (AvgIpc) is 3.15. The fourth-order valence-corrected chi connectivity index (χ4v) is 4.07. The summed E-state index contributed by atoms with van der Waals surface area (Å²) in [5, 5.41) is 9.81. The summed E-state index contributed by atoms with van der Waals surface area (Å²) in [6.45, 7) is 1.45. The molecule has 3 aromatic rings. The summed E-state index contributed by atoms with van der Waals surface area (Å²) >= 11 is 5.15. The highest BCUT2D eigenvalue weighted by Crippen LogP contribution is 2.33. The molecule has 0 N–H and O–H groups in total. The maximum Gasteiger partial charge on any atom is 0.191 e. The molecule has 0 atom stereocenters. The molecule has 0 saturated heterocycles. The third kappa shape index (κ3) is 5.52.